The Kier molecular flexibility index (Phi) is 3.12. The summed E-state index contributed by atoms with van der Waals surface area (Å²) >= 11 is 5.87. The molecule has 3 aromatic rings. The number of pyridine rings is 1. The van der Waals surface area contributed by atoms with Crippen LogP contribution in [0, 0.1) is 0 Å². The van der Waals surface area contributed by atoms with Crippen molar-refractivity contribution in [2.45, 2.75) is 0 Å². The molecule has 1 aromatic carbocycles. The van der Waals surface area contributed by atoms with Crippen LogP contribution in [0.25, 0.3) is 17.0 Å². The average Bonchev–Trinajstić information content (AvgIpc) is 2.90. The lowest BCUT2D eigenvalue weighted by Gasteiger charge is -2.02. The Labute approximate surface area is 119 Å². The second-order valence-corrected chi connectivity index (χ2v) is 4.60. The first-order chi connectivity index (χ1) is 9.69. The summed E-state index contributed by atoms with van der Waals surface area (Å²) in [5.41, 5.74) is 1.92. The van der Waals surface area contributed by atoms with Crippen molar-refractivity contribution in [3.05, 3.63) is 53.2 Å². The number of carbonyl (C=O) groups is 1. The third-order valence-corrected chi connectivity index (χ3v) is 3.19. The van der Waals surface area contributed by atoms with E-state index in [0.29, 0.717) is 22.1 Å². The number of ether oxygens (including phenoxy) is 1. The summed E-state index contributed by atoms with van der Waals surface area (Å²) in [6, 6.07) is 10.6. The van der Waals surface area contributed by atoms with E-state index in [0.717, 1.165) is 5.56 Å². The standard InChI is InChI=1S/C14H10ClN3O2/c1-20-14(19)10-6-7-18-12(8-10)16-17-13(18)9-2-4-11(15)5-3-9/h2-8H,1H3. The van der Waals surface area contributed by atoms with Crippen LogP contribution in [-0.2, 0) is 4.74 Å². The summed E-state index contributed by atoms with van der Waals surface area (Å²) in [6.45, 7) is 0. The van der Waals surface area contributed by atoms with Crippen molar-refractivity contribution >= 4 is 23.2 Å². The molecule has 0 saturated carbocycles. The molecule has 0 aliphatic carbocycles. The van der Waals surface area contributed by atoms with Crippen LogP contribution in [0.2, 0.25) is 5.02 Å². The molecule has 20 heavy (non-hydrogen) atoms. The molecule has 2 aromatic heterocycles. The minimum absolute atomic E-state index is 0.399. The molecular formula is C14H10ClN3O2. The number of halogens is 1. The number of fused-ring (bicyclic) bond motifs is 1. The van der Waals surface area contributed by atoms with Crippen molar-refractivity contribution < 1.29 is 9.53 Å². The minimum atomic E-state index is -0.399. The fraction of sp³-hybridized carbons (Fsp3) is 0.0714. The Hall–Kier alpha value is -2.40. The molecule has 0 aliphatic heterocycles. The van der Waals surface area contributed by atoms with Gasteiger partial charge in [-0.25, -0.2) is 4.79 Å². The molecule has 0 saturated heterocycles. The zero-order valence-electron chi connectivity index (χ0n) is 10.6. The molecule has 0 fully saturated rings. The van der Waals surface area contributed by atoms with Gasteiger partial charge in [0.25, 0.3) is 0 Å². The molecule has 0 aliphatic rings. The lowest BCUT2D eigenvalue weighted by Crippen LogP contribution is -2.02. The lowest BCUT2D eigenvalue weighted by atomic mass is 10.2. The number of rotatable bonds is 2. The highest BCUT2D eigenvalue weighted by Crippen LogP contribution is 2.21. The molecule has 3 rings (SSSR count). The van der Waals surface area contributed by atoms with Gasteiger partial charge >= 0.3 is 5.97 Å². The normalized spacial score (nSPS) is 10.7. The predicted molar refractivity (Wildman–Crippen MR) is 74.8 cm³/mol. The van der Waals surface area contributed by atoms with E-state index in [1.54, 1.807) is 34.9 Å². The highest BCUT2D eigenvalue weighted by molar-refractivity contribution is 6.30. The number of benzene rings is 1. The smallest absolute Gasteiger partial charge is 0.338 e. The lowest BCUT2D eigenvalue weighted by molar-refractivity contribution is 0.0600. The molecule has 6 heteroatoms. The van der Waals surface area contributed by atoms with Crippen LogP contribution in [-0.4, -0.2) is 27.7 Å². The second kappa shape index (κ2) is 4.94. The van der Waals surface area contributed by atoms with Gasteiger partial charge in [0, 0.05) is 16.8 Å². The number of hydrogen-bond donors (Lipinski definition) is 0. The van der Waals surface area contributed by atoms with Crippen LogP contribution in [0.15, 0.2) is 42.6 Å². The molecule has 2 heterocycles. The van der Waals surface area contributed by atoms with Crippen molar-refractivity contribution in [3.8, 4) is 11.4 Å². The number of nitrogens with zero attached hydrogens (tertiary/aromatic N) is 3. The number of methoxy groups -OCH3 is 1. The summed E-state index contributed by atoms with van der Waals surface area (Å²) in [5.74, 6) is 0.289. The molecule has 0 amide bonds. The van der Waals surface area contributed by atoms with Crippen molar-refractivity contribution in [2.24, 2.45) is 0 Å². The summed E-state index contributed by atoms with van der Waals surface area (Å²) in [7, 11) is 1.34. The van der Waals surface area contributed by atoms with Crippen molar-refractivity contribution in [1.82, 2.24) is 14.6 Å². The van der Waals surface area contributed by atoms with E-state index in [2.05, 4.69) is 14.9 Å². The molecule has 100 valence electrons. The highest BCUT2D eigenvalue weighted by atomic mass is 35.5. The fourth-order valence-corrected chi connectivity index (χ4v) is 2.06. The molecule has 5 nitrogen and oxygen atoms in total. The van der Waals surface area contributed by atoms with Gasteiger partial charge < -0.3 is 4.74 Å². The number of aromatic nitrogens is 3. The maximum Gasteiger partial charge on any atom is 0.338 e. The van der Waals surface area contributed by atoms with Gasteiger partial charge in [-0.05, 0) is 36.4 Å². The Balaban J connectivity index is 2.10. The van der Waals surface area contributed by atoms with E-state index in [1.165, 1.54) is 7.11 Å². The molecular weight excluding hydrogens is 278 g/mol. The first kappa shape index (κ1) is 12.6. The largest absolute Gasteiger partial charge is 0.465 e. The third-order valence-electron chi connectivity index (χ3n) is 2.93. The summed E-state index contributed by atoms with van der Waals surface area (Å²) < 4.78 is 6.48. The van der Waals surface area contributed by atoms with Crippen LogP contribution in [0.4, 0.5) is 0 Å². The third kappa shape index (κ3) is 2.12. The van der Waals surface area contributed by atoms with E-state index in [4.69, 9.17) is 11.6 Å². The van der Waals surface area contributed by atoms with Crippen LogP contribution in [0.5, 0.6) is 0 Å². The van der Waals surface area contributed by atoms with Crippen LogP contribution in [0.1, 0.15) is 10.4 Å². The molecule has 0 radical (unpaired) electrons. The average molecular weight is 288 g/mol. The molecule has 0 N–H and O–H groups in total. The monoisotopic (exact) mass is 287 g/mol. The number of esters is 1. The topological polar surface area (TPSA) is 56.5 Å². The second-order valence-electron chi connectivity index (χ2n) is 4.17. The Morgan fingerprint density at radius 1 is 1.20 bits per heavy atom. The zero-order chi connectivity index (χ0) is 14.1. The summed E-state index contributed by atoms with van der Waals surface area (Å²) in [5, 5.41) is 8.87. The van der Waals surface area contributed by atoms with Gasteiger partial charge in [-0.15, -0.1) is 10.2 Å². The Bertz CT molecular complexity index is 781. The van der Waals surface area contributed by atoms with Crippen LogP contribution >= 0.6 is 11.6 Å². The van der Waals surface area contributed by atoms with Crippen molar-refractivity contribution in [1.29, 1.82) is 0 Å². The van der Waals surface area contributed by atoms with E-state index in [1.807, 2.05) is 12.1 Å². The number of hydrogen-bond acceptors (Lipinski definition) is 4. The van der Waals surface area contributed by atoms with E-state index < -0.39 is 5.97 Å². The van der Waals surface area contributed by atoms with Gasteiger partial charge in [0.1, 0.15) is 0 Å². The van der Waals surface area contributed by atoms with Crippen molar-refractivity contribution in [2.75, 3.05) is 7.11 Å². The van der Waals surface area contributed by atoms with Crippen LogP contribution in [0.3, 0.4) is 0 Å². The maximum absolute atomic E-state index is 11.5. The van der Waals surface area contributed by atoms with Gasteiger partial charge in [-0.2, -0.15) is 0 Å². The van der Waals surface area contributed by atoms with Gasteiger partial charge in [0.2, 0.25) is 0 Å². The van der Waals surface area contributed by atoms with Gasteiger partial charge in [0.15, 0.2) is 11.5 Å². The SMILES string of the molecule is COC(=O)c1ccn2c(-c3ccc(Cl)cc3)nnc2c1. The Morgan fingerprint density at radius 3 is 2.65 bits per heavy atom. The Morgan fingerprint density at radius 2 is 1.95 bits per heavy atom. The fourth-order valence-electron chi connectivity index (χ4n) is 1.93. The van der Waals surface area contributed by atoms with E-state index in [-0.39, 0.29) is 0 Å². The molecule has 0 atom stereocenters. The number of carbonyl (C=O) groups excluding carboxylic acids is 1. The minimum Gasteiger partial charge on any atom is -0.465 e. The van der Waals surface area contributed by atoms with Crippen molar-refractivity contribution in [3.63, 3.8) is 0 Å². The molecule has 0 unspecified atom stereocenters. The quantitative estimate of drug-likeness (QED) is 0.680. The molecule has 0 spiro atoms. The first-order valence-corrected chi connectivity index (χ1v) is 6.26. The molecule has 0 bridgehead atoms. The first-order valence-electron chi connectivity index (χ1n) is 5.88. The highest BCUT2D eigenvalue weighted by Gasteiger charge is 2.11. The maximum atomic E-state index is 11.5. The van der Waals surface area contributed by atoms with E-state index >= 15 is 0 Å². The zero-order valence-corrected chi connectivity index (χ0v) is 11.3. The predicted octanol–water partition coefficient (Wildman–Crippen LogP) is 2.84. The summed E-state index contributed by atoms with van der Waals surface area (Å²) in [4.78, 5) is 11.5. The van der Waals surface area contributed by atoms with Gasteiger partial charge in [-0.1, -0.05) is 11.6 Å². The van der Waals surface area contributed by atoms with E-state index in [9.17, 15) is 4.79 Å². The summed E-state index contributed by atoms with van der Waals surface area (Å²) in [6.07, 6.45) is 1.74. The van der Waals surface area contributed by atoms with Gasteiger partial charge in [0.05, 0.1) is 12.7 Å². The van der Waals surface area contributed by atoms with Gasteiger partial charge in [-0.3, -0.25) is 4.40 Å². The van der Waals surface area contributed by atoms with Crippen LogP contribution < -0.4 is 0 Å².